The van der Waals surface area contributed by atoms with E-state index in [1.807, 2.05) is 6.07 Å². The van der Waals surface area contributed by atoms with Gasteiger partial charge in [0.1, 0.15) is 6.54 Å². The van der Waals surface area contributed by atoms with E-state index in [1.165, 1.54) is 12.3 Å². The van der Waals surface area contributed by atoms with Gasteiger partial charge in [-0.15, -0.1) is 0 Å². The number of hydrogen-bond donors (Lipinski definition) is 1. The van der Waals surface area contributed by atoms with Gasteiger partial charge in [0, 0.05) is 6.08 Å². The largest absolute Gasteiger partial charge is 0.405 e. The summed E-state index contributed by atoms with van der Waals surface area (Å²) in [6, 6.07) is 7.15. The minimum atomic E-state index is -4.42. The average Bonchev–Trinajstić information content (AvgIpc) is 2.42. The zero-order valence-electron chi connectivity index (χ0n) is 10.2. The van der Waals surface area contributed by atoms with Crippen LogP contribution in [0, 0.1) is 0 Å². The van der Waals surface area contributed by atoms with Crippen molar-refractivity contribution in [1.29, 1.82) is 0 Å². The third-order valence-corrected chi connectivity index (χ3v) is 2.34. The summed E-state index contributed by atoms with van der Waals surface area (Å²) in [5, 5.41) is 1.73. The fourth-order valence-corrected chi connectivity index (χ4v) is 1.46. The molecule has 0 aliphatic rings. The number of rotatable bonds is 3. The minimum Gasteiger partial charge on any atom is -0.343 e. The van der Waals surface area contributed by atoms with Gasteiger partial charge in [-0.1, -0.05) is 12.1 Å². The number of benzene rings is 1. The third-order valence-electron chi connectivity index (χ3n) is 2.34. The molecule has 0 spiro atoms. The van der Waals surface area contributed by atoms with E-state index in [1.54, 1.807) is 23.5 Å². The predicted molar refractivity (Wildman–Crippen MR) is 67.6 cm³/mol. The molecule has 20 heavy (non-hydrogen) atoms. The monoisotopic (exact) mass is 281 g/mol. The first-order valence-corrected chi connectivity index (χ1v) is 5.68. The molecule has 0 radical (unpaired) electrons. The number of alkyl halides is 3. The maximum absolute atomic E-state index is 11.9. The van der Waals surface area contributed by atoms with Crippen molar-refractivity contribution in [2.24, 2.45) is 0 Å². The average molecular weight is 281 g/mol. The minimum absolute atomic E-state index is 0.394. The van der Waals surface area contributed by atoms with Crippen molar-refractivity contribution in [2.75, 3.05) is 6.54 Å². The smallest absolute Gasteiger partial charge is 0.343 e. The van der Waals surface area contributed by atoms with Gasteiger partial charge in [-0.3, -0.25) is 9.78 Å². The molecule has 104 valence electrons. The van der Waals surface area contributed by atoms with Gasteiger partial charge in [0.05, 0.1) is 22.9 Å². The van der Waals surface area contributed by atoms with Gasteiger partial charge in [-0.25, -0.2) is 4.98 Å². The molecule has 1 aromatic heterocycles. The number of halogens is 3. The first kappa shape index (κ1) is 14.0. The molecule has 0 saturated carbocycles. The lowest BCUT2D eigenvalue weighted by Gasteiger charge is -2.05. The highest BCUT2D eigenvalue weighted by molar-refractivity contribution is 5.91. The van der Waals surface area contributed by atoms with E-state index < -0.39 is 18.6 Å². The van der Waals surface area contributed by atoms with Crippen molar-refractivity contribution in [2.45, 2.75) is 6.18 Å². The van der Waals surface area contributed by atoms with Crippen LogP contribution in [0.2, 0.25) is 0 Å². The summed E-state index contributed by atoms with van der Waals surface area (Å²) >= 11 is 0. The lowest BCUT2D eigenvalue weighted by Crippen LogP contribution is -2.32. The van der Waals surface area contributed by atoms with E-state index in [4.69, 9.17) is 0 Å². The zero-order chi connectivity index (χ0) is 14.6. The van der Waals surface area contributed by atoms with Crippen LogP contribution in [-0.4, -0.2) is 28.6 Å². The lowest BCUT2D eigenvalue weighted by molar-refractivity contribution is -0.135. The Kier molecular flexibility index (Phi) is 3.97. The standard InChI is InChI=1S/C13H10F3N3O/c14-13(15,16)8-18-12(20)6-5-9-7-17-10-3-1-2-4-11(10)19-9/h1-7H,8H2,(H,18,20)/b6-5+. The van der Waals surface area contributed by atoms with E-state index in [-0.39, 0.29) is 0 Å². The van der Waals surface area contributed by atoms with Gasteiger partial charge in [0.25, 0.3) is 0 Å². The molecule has 0 atom stereocenters. The Morgan fingerprint density at radius 3 is 2.65 bits per heavy atom. The van der Waals surface area contributed by atoms with E-state index in [9.17, 15) is 18.0 Å². The van der Waals surface area contributed by atoms with Crippen molar-refractivity contribution in [1.82, 2.24) is 15.3 Å². The van der Waals surface area contributed by atoms with Crippen LogP contribution >= 0.6 is 0 Å². The number of fused-ring (bicyclic) bond motifs is 1. The number of nitrogens with zero attached hydrogens (tertiary/aromatic N) is 2. The highest BCUT2D eigenvalue weighted by Gasteiger charge is 2.27. The summed E-state index contributed by atoms with van der Waals surface area (Å²) in [5.41, 5.74) is 1.74. The summed E-state index contributed by atoms with van der Waals surface area (Å²) in [5.74, 6) is -0.836. The molecule has 0 aliphatic carbocycles. The van der Waals surface area contributed by atoms with Gasteiger partial charge in [0.15, 0.2) is 0 Å². The van der Waals surface area contributed by atoms with Crippen LogP contribution in [0.5, 0.6) is 0 Å². The molecule has 7 heteroatoms. The molecular weight excluding hydrogens is 271 g/mol. The van der Waals surface area contributed by atoms with Crippen LogP contribution in [0.1, 0.15) is 5.69 Å². The van der Waals surface area contributed by atoms with Crippen LogP contribution < -0.4 is 5.32 Å². The predicted octanol–water partition coefficient (Wildman–Crippen LogP) is 2.32. The fraction of sp³-hybridized carbons (Fsp3) is 0.154. The van der Waals surface area contributed by atoms with E-state index in [0.29, 0.717) is 16.7 Å². The van der Waals surface area contributed by atoms with E-state index >= 15 is 0 Å². The highest BCUT2D eigenvalue weighted by Crippen LogP contribution is 2.12. The van der Waals surface area contributed by atoms with Crippen molar-refractivity contribution >= 4 is 23.0 Å². The Morgan fingerprint density at radius 1 is 1.25 bits per heavy atom. The van der Waals surface area contributed by atoms with Gasteiger partial charge >= 0.3 is 6.18 Å². The molecule has 0 saturated heterocycles. The summed E-state index contributed by atoms with van der Waals surface area (Å²) < 4.78 is 35.7. The molecule has 0 unspecified atom stereocenters. The Hall–Kier alpha value is -2.44. The summed E-state index contributed by atoms with van der Waals surface area (Å²) in [7, 11) is 0. The van der Waals surface area contributed by atoms with Crippen molar-refractivity contribution < 1.29 is 18.0 Å². The number of para-hydroxylation sites is 2. The molecule has 0 fully saturated rings. The molecule has 2 rings (SSSR count). The molecule has 1 heterocycles. The normalized spacial score (nSPS) is 11.9. The molecule has 1 N–H and O–H groups in total. The number of carbonyl (C=O) groups excluding carboxylic acids is 1. The third kappa shape index (κ3) is 4.04. The summed E-state index contributed by atoms with van der Waals surface area (Å²) in [6.07, 6.45) is -0.683. The molecule has 2 aromatic rings. The van der Waals surface area contributed by atoms with Gasteiger partial charge < -0.3 is 5.32 Å². The molecule has 1 amide bonds. The first-order valence-electron chi connectivity index (χ1n) is 5.68. The van der Waals surface area contributed by atoms with E-state index in [2.05, 4.69) is 9.97 Å². The van der Waals surface area contributed by atoms with Crippen LogP contribution in [-0.2, 0) is 4.79 Å². The number of amides is 1. The van der Waals surface area contributed by atoms with Crippen LogP contribution in [0.3, 0.4) is 0 Å². The number of carbonyl (C=O) groups is 1. The number of aromatic nitrogens is 2. The quantitative estimate of drug-likeness (QED) is 0.878. The molecule has 0 bridgehead atoms. The first-order chi connectivity index (χ1) is 9.44. The van der Waals surface area contributed by atoms with Crippen molar-refractivity contribution in [3.63, 3.8) is 0 Å². The van der Waals surface area contributed by atoms with Crippen LogP contribution in [0.4, 0.5) is 13.2 Å². The fourth-order valence-electron chi connectivity index (χ4n) is 1.46. The molecular formula is C13H10F3N3O. The molecule has 0 aliphatic heterocycles. The Labute approximate surface area is 112 Å². The van der Waals surface area contributed by atoms with Gasteiger partial charge in [-0.2, -0.15) is 13.2 Å². The second-order valence-corrected chi connectivity index (χ2v) is 3.95. The number of nitrogens with one attached hydrogen (secondary N) is 1. The van der Waals surface area contributed by atoms with Crippen LogP contribution in [0.25, 0.3) is 17.1 Å². The second kappa shape index (κ2) is 5.68. The molecule has 4 nitrogen and oxygen atoms in total. The zero-order valence-corrected chi connectivity index (χ0v) is 10.2. The molecule has 1 aromatic carbocycles. The SMILES string of the molecule is O=C(/C=C/c1cnc2ccccc2n1)NCC(F)(F)F. The Balaban J connectivity index is 2.04. The number of hydrogen-bond acceptors (Lipinski definition) is 3. The highest BCUT2D eigenvalue weighted by atomic mass is 19.4. The van der Waals surface area contributed by atoms with Crippen molar-refractivity contribution in [3.05, 3.63) is 42.2 Å². The van der Waals surface area contributed by atoms with E-state index in [0.717, 1.165) is 6.08 Å². The Bertz CT molecular complexity index is 653. The Morgan fingerprint density at radius 2 is 1.95 bits per heavy atom. The van der Waals surface area contributed by atoms with Crippen molar-refractivity contribution in [3.8, 4) is 0 Å². The van der Waals surface area contributed by atoms with Gasteiger partial charge in [0.2, 0.25) is 5.91 Å². The topological polar surface area (TPSA) is 54.9 Å². The summed E-state index contributed by atoms with van der Waals surface area (Å²) in [6.45, 7) is -1.36. The maximum atomic E-state index is 11.9. The summed E-state index contributed by atoms with van der Waals surface area (Å²) in [4.78, 5) is 19.5. The second-order valence-electron chi connectivity index (χ2n) is 3.95. The maximum Gasteiger partial charge on any atom is 0.405 e. The lowest BCUT2D eigenvalue weighted by atomic mass is 10.3. The van der Waals surface area contributed by atoms with Gasteiger partial charge in [-0.05, 0) is 18.2 Å². The van der Waals surface area contributed by atoms with Crippen LogP contribution in [0.15, 0.2) is 36.5 Å².